The van der Waals surface area contributed by atoms with Gasteiger partial charge in [-0.05, 0) is 44.6 Å². The molecule has 0 unspecified atom stereocenters. The van der Waals surface area contributed by atoms with E-state index in [0.717, 1.165) is 25.7 Å². The molecule has 1 aliphatic heterocycles. The molecule has 0 aromatic heterocycles. The SMILES string of the molecule is C[C@](CO)(NC(=O)C1=CCCCO1)C1CCCCC1. The lowest BCUT2D eigenvalue weighted by Gasteiger charge is -2.39. The first-order valence-corrected chi connectivity index (χ1v) is 7.42. The molecule has 108 valence electrons. The van der Waals surface area contributed by atoms with Crippen LogP contribution in [-0.4, -0.2) is 29.8 Å². The van der Waals surface area contributed by atoms with Gasteiger partial charge in [-0.15, -0.1) is 0 Å². The van der Waals surface area contributed by atoms with Crippen LogP contribution in [0.2, 0.25) is 0 Å². The summed E-state index contributed by atoms with van der Waals surface area (Å²) in [6.45, 7) is 2.54. The van der Waals surface area contributed by atoms with Gasteiger partial charge in [-0.1, -0.05) is 19.3 Å². The number of ether oxygens (including phenoxy) is 1. The van der Waals surface area contributed by atoms with Crippen LogP contribution < -0.4 is 5.32 Å². The van der Waals surface area contributed by atoms with Crippen molar-refractivity contribution in [2.75, 3.05) is 13.2 Å². The van der Waals surface area contributed by atoms with Gasteiger partial charge in [0.1, 0.15) is 0 Å². The second kappa shape index (κ2) is 6.42. The number of amides is 1. The minimum absolute atomic E-state index is 0.0172. The molecule has 0 radical (unpaired) electrons. The van der Waals surface area contributed by atoms with Crippen molar-refractivity contribution in [1.82, 2.24) is 5.32 Å². The molecule has 1 amide bonds. The minimum atomic E-state index is -0.529. The van der Waals surface area contributed by atoms with Crippen LogP contribution in [0.3, 0.4) is 0 Å². The van der Waals surface area contributed by atoms with E-state index in [1.807, 2.05) is 13.0 Å². The molecule has 1 aliphatic carbocycles. The Morgan fingerprint density at radius 1 is 1.42 bits per heavy atom. The first-order valence-electron chi connectivity index (χ1n) is 7.42. The Labute approximate surface area is 115 Å². The second-order valence-corrected chi connectivity index (χ2v) is 5.92. The third-order valence-corrected chi connectivity index (χ3v) is 4.39. The maximum absolute atomic E-state index is 12.2. The monoisotopic (exact) mass is 267 g/mol. The summed E-state index contributed by atoms with van der Waals surface area (Å²) in [5.74, 6) is 0.600. The number of rotatable bonds is 4. The molecule has 1 heterocycles. The van der Waals surface area contributed by atoms with Crippen molar-refractivity contribution >= 4 is 5.91 Å². The van der Waals surface area contributed by atoms with E-state index in [1.165, 1.54) is 19.3 Å². The Kier molecular flexibility index (Phi) is 4.86. The van der Waals surface area contributed by atoms with E-state index in [9.17, 15) is 9.90 Å². The third kappa shape index (κ3) is 3.50. The van der Waals surface area contributed by atoms with Crippen LogP contribution in [0.1, 0.15) is 51.9 Å². The van der Waals surface area contributed by atoms with Gasteiger partial charge in [0.05, 0.1) is 18.8 Å². The molecule has 4 nitrogen and oxygen atoms in total. The summed E-state index contributed by atoms with van der Waals surface area (Å²) in [5.41, 5.74) is -0.529. The van der Waals surface area contributed by atoms with Gasteiger partial charge >= 0.3 is 0 Å². The van der Waals surface area contributed by atoms with Gasteiger partial charge in [0, 0.05) is 0 Å². The molecule has 0 spiro atoms. The number of nitrogens with one attached hydrogen (secondary N) is 1. The summed E-state index contributed by atoms with van der Waals surface area (Å²) in [6.07, 6.45) is 9.51. The predicted octanol–water partition coefficient (Wildman–Crippen LogP) is 2.13. The molecule has 2 rings (SSSR count). The van der Waals surface area contributed by atoms with Crippen molar-refractivity contribution in [2.45, 2.75) is 57.4 Å². The van der Waals surface area contributed by atoms with E-state index in [-0.39, 0.29) is 12.5 Å². The summed E-state index contributed by atoms with van der Waals surface area (Å²) in [5, 5.41) is 12.7. The summed E-state index contributed by atoms with van der Waals surface area (Å²) in [4.78, 5) is 12.2. The molecule has 4 heteroatoms. The lowest BCUT2D eigenvalue weighted by atomic mass is 9.76. The molecule has 0 saturated heterocycles. The maximum Gasteiger partial charge on any atom is 0.286 e. The van der Waals surface area contributed by atoms with Crippen LogP contribution >= 0.6 is 0 Å². The molecular weight excluding hydrogens is 242 g/mol. The zero-order valence-electron chi connectivity index (χ0n) is 11.8. The van der Waals surface area contributed by atoms with Crippen LogP contribution in [-0.2, 0) is 9.53 Å². The van der Waals surface area contributed by atoms with Crippen LogP contribution in [0.25, 0.3) is 0 Å². The number of carbonyl (C=O) groups is 1. The van der Waals surface area contributed by atoms with Gasteiger partial charge in [-0.3, -0.25) is 4.79 Å². The lowest BCUT2D eigenvalue weighted by Crippen LogP contribution is -2.55. The average Bonchev–Trinajstić information content (AvgIpc) is 2.49. The second-order valence-electron chi connectivity index (χ2n) is 5.92. The summed E-state index contributed by atoms with van der Waals surface area (Å²) >= 11 is 0. The Morgan fingerprint density at radius 2 is 2.16 bits per heavy atom. The van der Waals surface area contributed by atoms with Gasteiger partial charge < -0.3 is 15.2 Å². The van der Waals surface area contributed by atoms with Crippen LogP contribution in [0.4, 0.5) is 0 Å². The van der Waals surface area contributed by atoms with Gasteiger partial charge in [0.25, 0.3) is 5.91 Å². The molecular formula is C15H25NO3. The molecule has 1 saturated carbocycles. The number of hydrogen-bond acceptors (Lipinski definition) is 3. The average molecular weight is 267 g/mol. The fourth-order valence-corrected chi connectivity index (χ4v) is 3.05. The number of aliphatic hydroxyl groups excluding tert-OH is 1. The van der Waals surface area contributed by atoms with E-state index in [0.29, 0.717) is 18.3 Å². The fraction of sp³-hybridized carbons (Fsp3) is 0.800. The van der Waals surface area contributed by atoms with Crippen molar-refractivity contribution in [2.24, 2.45) is 5.92 Å². The zero-order valence-corrected chi connectivity index (χ0v) is 11.8. The van der Waals surface area contributed by atoms with Gasteiger partial charge in [0.15, 0.2) is 5.76 Å². The van der Waals surface area contributed by atoms with E-state index in [1.54, 1.807) is 0 Å². The highest BCUT2D eigenvalue weighted by molar-refractivity contribution is 5.92. The molecule has 1 atom stereocenters. The normalized spacial score (nSPS) is 24.0. The predicted molar refractivity (Wildman–Crippen MR) is 73.5 cm³/mol. The van der Waals surface area contributed by atoms with Gasteiger partial charge in [-0.2, -0.15) is 0 Å². The Balaban J connectivity index is 2.00. The summed E-state index contributed by atoms with van der Waals surface area (Å²) in [7, 11) is 0. The lowest BCUT2D eigenvalue weighted by molar-refractivity contribution is -0.124. The number of carbonyl (C=O) groups excluding carboxylic acids is 1. The van der Waals surface area contributed by atoms with Crippen molar-refractivity contribution in [3.8, 4) is 0 Å². The fourth-order valence-electron chi connectivity index (χ4n) is 3.05. The first kappa shape index (κ1) is 14.4. The summed E-state index contributed by atoms with van der Waals surface area (Å²) in [6, 6.07) is 0. The molecule has 0 aromatic carbocycles. The summed E-state index contributed by atoms with van der Waals surface area (Å²) < 4.78 is 5.38. The Morgan fingerprint density at radius 3 is 2.74 bits per heavy atom. The first-order chi connectivity index (χ1) is 9.15. The highest BCUT2D eigenvalue weighted by atomic mass is 16.5. The Hall–Kier alpha value is -1.03. The molecule has 0 bridgehead atoms. The highest BCUT2D eigenvalue weighted by Crippen LogP contribution is 2.32. The quantitative estimate of drug-likeness (QED) is 0.820. The number of allylic oxidation sites excluding steroid dienone is 1. The maximum atomic E-state index is 12.2. The topological polar surface area (TPSA) is 58.6 Å². The van der Waals surface area contributed by atoms with Crippen molar-refractivity contribution < 1.29 is 14.6 Å². The smallest absolute Gasteiger partial charge is 0.286 e. The van der Waals surface area contributed by atoms with E-state index < -0.39 is 5.54 Å². The van der Waals surface area contributed by atoms with Crippen molar-refractivity contribution in [3.63, 3.8) is 0 Å². The molecule has 2 N–H and O–H groups in total. The molecule has 2 aliphatic rings. The standard InChI is InChI=1S/C15H25NO3/c1-15(11-17,12-7-3-2-4-8-12)16-14(18)13-9-5-6-10-19-13/h9,12,17H,2-8,10-11H2,1H3,(H,16,18)/t15-/m1/s1. The van der Waals surface area contributed by atoms with Crippen molar-refractivity contribution in [3.05, 3.63) is 11.8 Å². The van der Waals surface area contributed by atoms with E-state index in [2.05, 4.69) is 5.32 Å². The third-order valence-electron chi connectivity index (χ3n) is 4.39. The number of aliphatic hydroxyl groups is 1. The molecule has 1 fully saturated rings. The van der Waals surface area contributed by atoms with Gasteiger partial charge in [0.2, 0.25) is 0 Å². The van der Waals surface area contributed by atoms with Crippen LogP contribution in [0.5, 0.6) is 0 Å². The van der Waals surface area contributed by atoms with E-state index >= 15 is 0 Å². The Bertz CT molecular complexity index is 347. The number of hydrogen-bond donors (Lipinski definition) is 2. The van der Waals surface area contributed by atoms with Crippen molar-refractivity contribution in [1.29, 1.82) is 0 Å². The molecule has 0 aromatic rings. The van der Waals surface area contributed by atoms with Gasteiger partial charge in [-0.25, -0.2) is 0 Å². The largest absolute Gasteiger partial charge is 0.488 e. The molecule has 19 heavy (non-hydrogen) atoms. The van der Waals surface area contributed by atoms with Crippen LogP contribution in [0, 0.1) is 5.92 Å². The van der Waals surface area contributed by atoms with E-state index in [4.69, 9.17) is 4.74 Å². The highest BCUT2D eigenvalue weighted by Gasteiger charge is 2.36. The zero-order chi connectivity index (χ0) is 13.7. The minimum Gasteiger partial charge on any atom is -0.488 e. The van der Waals surface area contributed by atoms with Crippen LogP contribution in [0.15, 0.2) is 11.8 Å².